The fraction of sp³-hybridized carbons (Fsp3) is 0.625. The van der Waals surface area contributed by atoms with E-state index in [-0.39, 0.29) is 5.38 Å². The molecule has 1 atom stereocenters. The van der Waals surface area contributed by atoms with Gasteiger partial charge in [0.15, 0.2) is 0 Å². The van der Waals surface area contributed by atoms with E-state index < -0.39 is 0 Å². The average molecular weight is 173 g/mol. The minimum Gasteiger partial charge on any atom is -0.276 e. The van der Waals surface area contributed by atoms with Gasteiger partial charge in [-0.1, -0.05) is 13.3 Å². The third-order valence-electron chi connectivity index (χ3n) is 1.60. The first kappa shape index (κ1) is 8.60. The molecule has 62 valence electrons. The Hall–Kier alpha value is -0.500. The third kappa shape index (κ3) is 2.22. The molecule has 0 saturated heterocycles. The van der Waals surface area contributed by atoms with Crippen LogP contribution in [0.15, 0.2) is 12.3 Å². The van der Waals surface area contributed by atoms with Gasteiger partial charge in [-0.2, -0.15) is 5.10 Å². The molecule has 0 fully saturated rings. The van der Waals surface area contributed by atoms with Crippen molar-refractivity contribution in [3.05, 3.63) is 18.0 Å². The monoisotopic (exact) mass is 172 g/mol. The molecule has 1 aromatic heterocycles. The summed E-state index contributed by atoms with van der Waals surface area (Å²) in [6.07, 6.45) is 4.02. The molecule has 2 nitrogen and oxygen atoms in total. The fourth-order valence-corrected chi connectivity index (χ4v) is 1.34. The number of hydrogen-bond donors (Lipinski definition) is 0. The van der Waals surface area contributed by atoms with E-state index in [9.17, 15) is 0 Å². The summed E-state index contributed by atoms with van der Waals surface area (Å²) in [4.78, 5) is 0. The molecule has 0 radical (unpaired) electrons. The molecule has 3 heteroatoms. The average Bonchev–Trinajstić information content (AvgIpc) is 2.36. The van der Waals surface area contributed by atoms with E-state index in [4.69, 9.17) is 11.6 Å². The van der Waals surface area contributed by atoms with Crippen molar-refractivity contribution in [2.75, 3.05) is 0 Å². The summed E-state index contributed by atoms with van der Waals surface area (Å²) in [7, 11) is 1.90. The maximum atomic E-state index is 6.04. The molecule has 1 unspecified atom stereocenters. The first-order valence-electron chi connectivity index (χ1n) is 3.87. The van der Waals surface area contributed by atoms with Crippen LogP contribution in [0.3, 0.4) is 0 Å². The zero-order valence-corrected chi connectivity index (χ0v) is 7.67. The predicted molar refractivity (Wildman–Crippen MR) is 46.7 cm³/mol. The van der Waals surface area contributed by atoms with Gasteiger partial charge in [0.2, 0.25) is 0 Å². The van der Waals surface area contributed by atoms with Crippen molar-refractivity contribution in [2.24, 2.45) is 7.05 Å². The Bertz CT molecular complexity index is 220. The van der Waals surface area contributed by atoms with Crippen molar-refractivity contribution in [3.8, 4) is 0 Å². The Morgan fingerprint density at radius 1 is 1.73 bits per heavy atom. The van der Waals surface area contributed by atoms with E-state index in [1.165, 1.54) is 0 Å². The van der Waals surface area contributed by atoms with Crippen LogP contribution in [0, 0.1) is 0 Å². The number of aryl methyl sites for hydroxylation is 1. The van der Waals surface area contributed by atoms with Gasteiger partial charge in [0.1, 0.15) is 0 Å². The lowest BCUT2D eigenvalue weighted by Crippen LogP contribution is -1.93. The number of aromatic nitrogens is 2. The highest BCUT2D eigenvalue weighted by atomic mass is 35.5. The van der Waals surface area contributed by atoms with Gasteiger partial charge in [0.05, 0.1) is 11.1 Å². The molecule has 0 aromatic carbocycles. The lowest BCUT2D eigenvalue weighted by molar-refractivity contribution is 0.700. The molecule has 0 spiro atoms. The number of alkyl halides is 1. The van der Waals surface area contributed by atoms with E-state index in [1.807, 2.05) is 19.3 Å². The zero-order valence-electron chi connectivity index (χ0n) is 6.92. The van der Waals surface area contributed by atoms with E-state index in [0.717, 1.165) is 18.5 Å². The van der Waals surface area contributed by atoms with Gasteiger partial charge in [-0.25, -0.2) is 0 Å². The van der Waals surface area contributed by atoms with E-state index >= 15 is 0 Å². The van der Waals surface area contributed by atoms with Crippen molar-refractivity contribution in [1.29, 1.82) is 0 Å². The highest BCUT2D eigenvalue weighted by molar-refractivity contribution is 6.20. The maximum Gasteiger partial charge on any atom is 0.0803 e. The molecule has 0 aliphatic rings. The summed E-state index contributed by atoms with van der Waals surface area (Å²) < 4.78 is 1.78. The second kappa shape index (κ2) is 3.77. The molecule has 0 aliphatic carbocycles. The Morgan fingerprint density at radius 2 is 2.45 bits per heavy atom. The van der Waals surface area contributed by atoms with Crippen molar-refractivity contribution >= 4 is 11.6 Å². The van der Waals surface area contributed by atoms with Crippen LogP contribution >= 0.6 is 11.6 Å². The third-order valence-corrected chi connectivity index (χ3v) is 2.04. The van der Waals surface area contributed by atoms with Gasteiger partial charge in [-0.05, 0) is 12.5 Å². The van der Waals surface area contributed by atoms with Crippen LogP contribution in [0.5, 0.6) is 0 Å². The van der Waals surface area contributed by atoms with Crippen molar-refractivity contribution in [3.63, 3.8) is 0 Å². The minimum absolute atomic E-state index is 0.0844. The summed E-state index contributed by atoms with van der Waals surface area (Å²) in [5.74, 6) is 0. The lowest BCUT2D eigenvalue weighted by atomic mass is 10.2. The fourth-order valence-electron chi connectivity index (χ4n) is 1.00. The van der Waals surface area contributed by atoms with Crippen molar-refractivity contribution in [1.82, 2.24) is 9.78 Å². The molecular formula is C8H13ClN2. The quantitative estimate of drug-likeness (QED) is 0.641. The van der Waals surface area contributed by atoms with Gasteiger partial charge in [-0.3, -0.25) is 4.68 Å². The highest BCUT2D eigenvalue weighted by Gasteiger charge is 2.08. The lowest BCUT2D eigenvalue weighted by Gasteiger charge is -2.02. The number of halogens is 1. The van der Waals surface area contributed by atoms with Crippen LogP contribution in [0.4, 0.5) is 0 Å². The Kier molecular flexibility index (Phi) is 2.94. The van der Waals surface area contributed by atoms with Crippen LogP contribution in [-0.4, -0.2) is 9.78 Å². The summed E-state index contributed by atoms with van der Waals surface area (Å²) in [5.41, 5.74) is 0.982. The standard InChI is InChI=1S/C8H13ClN2/c1-3-4-7(9)8-5-6-11(2)10-8/h5-7H,3-4H2,1-2H3. The second-order valence-corrected chi connectivity index (χ2v) is 3.20. The smallest absolute Gasteiger partial charge is 0.0803 e. The van der Waals surface area contributed by atoms with Gasteiger partial charge in [0, 0.05) is 13.2 Å². The van der Waals surface area contributed by atoms with Gasteiger partial charge in [-0.15, -0.1) is 11.6 Å². The van der Waals surface area contributed by atoms with E-state index in [1.54, 1.807) is 4.68 Å². The molecule has 1 heterocycles. The Balaban J connectivity index is 2.60. The summed E-state index contributed by atoms with van der Waals surface area (Å²) in [5, 5.41) is 4.30. The second-order valence-electron chi connectivity index (χ2n) is 2.67. The summed E-state index contributed by atoms with van der Waals surface area (Å²) in [6.45, 7) is 2.12. The number of hydrogen-bond acceptors (Lipinski definition) is 1. The normalized spacial score (nSPS) is 13.4. The molecule has 1 rings (SSSR count). The molecule has 0 aliphatic heterocycles. The first-order valence-corrected chi connectivity index (χ1v) is 4.31. The molecule has 11 heavy (non-hydrogen) atoms. The molecule has 0 bridgehead atoms. The first-order chi connectivity index (χ1) is 5.24. The van der Waals surface area contributed by atoms with Gasteiger partial charge >= 0.3 is 0 Å². The highest BCUT2D eigenvalue weighted by Crippen LogP contribution is 2.22. The molecule has 0 saturated carbocycles. The zero-order chi connectivity index (χ0) is 8.27. The topological polar surface area (TPSA) is 17.8 Å². The predicted octanol–water partition coefficient (Wildman–Crippen LogP) is 2.50. The van der Waals surface area contributed by atoms with Crippen LogP contribution in [0.25, 0.3) is 0 Å². The summed E-state index contributed by atoms with van der Waals surface area (Å²) in [6, 6.07) is 1.97. The van der Waals surface area contributed by atoms with E-state index in [2.05, 4.69) is 12.0 Å². The maximum absolute atomic E-state index is 6.04. The van der Waals surface area contributed by atoms with Crippen LogP contribution in [0.1, 0.15) is 30.8 Å². The minimum atomic E-state index is 0.0844. The van der Waals surface area contributed by atoms with Gasteiger partial charge < -0.3 is 0 Å². The summed E-state index contributed by atoms with van der Waals surface area (Å²) >= 11 is 6.04. The number of rotatable bonds is 3. The molecule has 1 aromatic rings. The molecule has 0 N–H and O–H groups in total. The SMILES string of the molecule is CCCC(Cl)c1ccn(C)n1. The Labute approximate surface area is 72.2 Å². The van der Waals surface area contributed by atoms with Crippen LogP contribution in [0.2, 0.25) is 0 Å². The van der Waals surface area contributed by atoms with Crippen molar-refractivity contribution in [2.45, 2.75) is 25.1 Å². The van der Waals surface area contributed by atoms with Crippen molar-refractivity contribution < 1.29 is 0 Å². The van der Waals surface area contributed by atoms with Gasteiger partial charge in [0.25, 0.3) is 0 Å². The number of nitrogens with zero attached hydrogens (tertiary/aromatic N) is 2. The molecule has 0 amide bonds. The molecular weight excluding hydrogens is 160 g/mol. The largest absolute Gasteiger partial charge is 0.276 e. The van der Waals surface area contributed by atoms with Crippen LogP contribution in [-0.2, 0) is 7.05 Å². The van der Waals surface area contributed by atoms with Crippen LogP contribution < -0.4 is 0 Å². The Morgan fingerprint density at radius 3 is 2.91 bits per heavy atom. The van der Waals surface area contributed by atoms with E-state index in [0.29, 0.717) is 0 Å².